The number of hydrogen-bond donors (Lipinski definition) is 1. The third-order valence-electron chi connectivity index (χ3n) is 4.55. The summed E-state index contributed by atoms with van der Waals surface area (Å²) < 4.78 is 13.2. The molecule has 2 aliphatic heterocycles. The molecule has 20 heavy (non-hydrogen) atoms. The van der Waals surface area contributed by atoms with E-state index < -0.39 is 5.95 Å². The van der Waals surface area contributed by atoms with Gasteiger partial charge >= 0.3 is 0 Å². The topological polar surface area (TPSA) is 37.8 Å². The summed E-state index contributed by atoms with van der Waals surface area (Å²) in [6.45, 7) is 0. The largest absolute Gasteiger partial charge is 0.311 e. The Bertz CT molecular complexity index is 643. The number of nitrogens with one attached hydrogen (secondary N) is 1. The van der Waals surface area contributed by atoms with E-state index >= 15 is 0 Å². The minimum absolute atomic E-state index is 0.450. The molecule has 0 aromatic carbocycles. The van der Waals surface area contributed by atoms with Crippen molar-refractivity contribution in [1.82, 2.24) is 15.3 Å². The normalized spacial score (nSPS) is 27.9. The fourth-order valence-electron chi connectivity index (χ4n) is 3.59. The van der Waals surface area contributed by atoms with E-state index in [1.54, 1.807) is 6.20 Å². The molecular weight excluding hydrogens is 253 g/mol. The lowest BCUT2D eigenvalue weighted by Gasteiger charge is -2.20. The lowest BCUT2D eigenvalue weighted by Crippen LogP contribution is -2.21. The maximum atomic E-state index is 13.2. The molecule has 0 unspecified atom stereocenters. The van der Waals surface area contributed by atoms with Crippen LogP contribution >= 0.6 is 0 Å². The zero-order valence-corrected chi connectivity index (χ0v) is 11.1. The fourth-order valence-corrected chi connectivity index (χ4v) is 3.59. The third-order valence-corrected chi connectivity index (χ3v) is 4.55. The Hall–Kier alpha value is -1.81. The van der Waals surface area contributed by atoms with Crippen molar-refractivity contribution in [3.8, 4) is 11.1 Å². The van der Waals surface area contributed by atoms with Crippen molar-refractivity contribution in [3.05, 3.63) is 48.3 Å². The van der Waals surface area contributed by atoms with Gasteiger partial charge in [0.25, 0.3) is 0 Å². The molecule has 2 saturated heterocycles. The molecule has 0 aliphatic carbocycles. The van der Waals surface area contributed by atoms with Crippen LogP contribution in [-0.4, -0.2) is 22.1 Å². The van der Waals surface area contributed by atoms with Crippen LogP contribution in [0, 0.1) is 5.95 Å². The molecule has 2 aromatic rings. The average Bonchev–Trinajstić information content (AvgIpc) is 3.10. The summed E-state index contributed by atoms with van der Waals surface area (Å²) in [6.07, 6.45) is 8.98. The van der Waals surface area contributed by atoms with Crippen LogP contribution in [0.1, 0.15) is 30.7 Å². The number of hydrogen-bond acceptors (Lipinski definition) is 3. The van der Waals surface area contributed by atoms with E-state index in [1.807, 2.05) is 12.3 Å². The Kier molecular flexibility index (Phi) is 2.77. The van der Waals surface area contributed by atoms with Crippen LogP contribution in [0.25, 0.3) is 11.1 Å². The van der Waals surface area contributed by atoms with Crippen molar-refractivity contribution in [3.63, 3.8) is 0 Å². The summed E-state index contributed by atoms with van der Waals surface area (Å²) >= 11 is 0. The minimum Gasteiger partial charge on any atom is -0.311 e. The Morgan fingerprint density at radius 2 is 2.10 bits per heavy atom. The first-order chi connectivity index (χ1) is 9.79. The monoisotopic (exact) mass is 269 g/mol. The Morgan fingerprint density at radius 3 is 2.85 bits per heavy atom. The van der Waals surface area contributed by atoms with Crippen molar-refractivity contribution >= 4 is 0 Å². The second-order valence-corrected chi connectivity index (χ2v) is 5.76. The lowest BCUT2D eigenvalue weighted by atomic mass is 9.84. The van der Waals surface area contributed by atoms with Crippen LogP contribution in [0.5, 0.6) is 0 Å². The summed E-state index contributed by atoms with van der Waals surface area (Å²) in [7, 11) is 0. The van der Waals surface area contributed by atoms with Crippen molar-refractivity contribution in [2.75, 3.05) is 0 Å². The summed E-state index contributed by atoms with van der Waals surface area (Å²) in [4.78, 5) is 7.95. The Balaban J connectivity index is 1.68. The highest BCUT2D eigenvalue weighted by molar-refractivity contribution is 5.62. The molecule has 4 heteroatoms. The molecule has 3 nitrogen and oxygen atoms in total. The second kappa shape index (κ2) is 4.63. The van der Waals surface area contributed by atoms with Crippen LogP contribution in [0.15, 0.2) is 36.8 Å². The van der Waals surface area contributed by atoms with Gasteiger partial charge in [-0.2, -0.15) is 4.39 Å². The average molecular weight is 269 g/mol. The molecule has 4 rings (SSSR count). The highest BCUT2D eigenvalue weighted by Crippen LogP contribution is 2.40. The number of rotatable bonds is 2. The van der Waals surface area contributed by atoms with Gasteiger partial charge in [-0.15, -0.1) is 0 Å². The highest BCUT2D eigenvalue weighted by Gasteiger charge is 2.39. The highest BCUT2D eigenvalue weighted by atomic mass is 19.1. The first-order valence-corrected chi connectivity index (χ1v) is 7.12. The van der Waals surface area contributed by atoms with Crippen LogP contribution < -0.4 is 5.32 Å². The van der Waals surface area contributed by atoms with Gasteiger partial charge in [-0.25, -0.2) is 4.98 Å². The van der Waals surface area contributed by atoms with Crippen molar-refractivity contribution in [1.29, 1.82) is 0 Å². The van der Waals surface area contributed by atoms with Crippen LogP contribution in [0.3, 0.4) is 0 Å². The second-order valence-electron chi connectivity index (χ2n) is 5.76. The Morgan fingerprint density at radius 1 is 1.15 bits per heavy atom. The van der Waals surface area contributed by atoms with Gasteiger partial charge in [0.2, 0.25) is 5.95 Å². The maximum Gasteiger partial charge on any atom is 0.213 e. The summed E-state index contributed by atoms with van der Waals surface area (Å²) in [5.41, 5.74) is 3.06. The molecule has 1 N–H and O–H groups in total. The molecule has 2 bridgehead atoms. The van der Waals surface area contributed by atoms with Crippen molar-refractivity contribution in [2.24, 2.45) is 0 Å². The molecule has 3 atom stereocenters. The predicted octanol–water partition coefficient (Wildman–Crippen LogP) is 2.89. The molecule has 0 spiro atoms. The fraction of sp³-hybridized carbons (Fsp3) is 0.375. The summed E-state index contributed by atoms with van der Waals surface area (Å²) in [5, 5.41) is 3.65. The maximum absolute atomic E-state index is 13.2. The molecule has 4 heterocycles. The standard InChI is InChI=1S/C16H16FN3/c17-16-6-10(3-4-19-16)11-5-12(9-18-8-11)14-7-13-1-2-15(14)20-13/h3-6,8-9,13-15,20H,1-2,7H2/t13-,14-,15-/m1/s1. The summed E-state index contributed by atoms with van der Waals surface area (Å²) in [6, 6.07) is 6.69. The van der Waals surface area contributed by atoms with Crippen molar-refractivity contribution < 1.29 is 4.39 Å². The minimum atomic E-state index is -0.450. The zero-order chi connectivity index (χ0) is 13.5. The van der Waals surface area contributed by atoms with E-state index in [1.165, 1.54) is 37.1 Å². The van der Waals surface area contributed by atoms with Gasteiger partial charge in [0, 0.05) is 48.2 Å². The van der Waals surface area contributed by atoms with E-state index in [2.05, 4.69) is 21.4 Å². The molecular formula is C16H16FN3. The molecule has 102 valence electrons. The van der Waals surface area contributed by atoms with Gasteiger partial charge in [0.05, 0.1) is 0 Å². The molecule has 0 saturated carbocycles. The van der Waals surface area contributed by atoms with Gasteiger partial charge in [-0.1, -0.05) is 0 Å². The van der Waals surface area contributed by atoms with Crippen LogP contribution in [0.2, 0.25) is 0 Å². The molecule has 2 aromatic heterocycles. The molecule has 2 fully saturated rings. The molecule has 2 aliphatic rings. The van der Waals surface area contributed by atoms with Crippen LogP contribution in [0.4, 0.5) is 4.39 Å². The zero-order valence-electron chi connectivity index (χ0n) is 11.1. The number of halogens is 1. The van der Waals surface area contributed by atoms with E-state index in [0.717, 1.165) is 11.1 Å². The lowest BCUT2D eigenvalue weighted by molar-refractivity contribution is 0.505. The predicted molar refractivity (Wildman–Crippen MR) is 74.7 cm³/mol. The number of fused-ring (bicyclic) bond motifs is 2. The molecule has 0 amide bonds. The number of nitrogens with zero attached hydrogens (tertiary/aromatic N) is 2. The van der Waals surface area contributed by atoms with E-state index in [4.69, 9.17) is 0 Å². The summed E-state index contributed by atoms with van der Waals surface area (Å²) in [5.74, 6) is 0.0994. The van der Waals surface area contributed by atoms with Gasteiger partial charge in [-0.05, 0) is 42.5 Å². The number of aromatic nitrogens is 2. The SMILES string of the molecule is Fc1cc(-c2cncc([C@H]3C[C@H]4CC[C@H]3N4)c2)ccn1. The third kappa shape index (κ3) is 2.00. The first kappa shape index (κ1) is 12.0. The quantitative estimate of drug-likeness (QED) is 0.852. The first-order valence-electron chi connectivity index (χ1n) is 7.12. The van der Waals surface area contributed by atoms with Gasteiger partial charge in [0.1, 0.15) is 0 Å². The van der Waals surface area contributed by atoms with Crippen molar-refractivity contribution in [2.45, 2.75) is 37.3 Å². The van der Waals surface area contributed by atoms with E-state index in [-0.39, 0.29) is 0 Å². The van der Waals surface area contributed by atoms with E-state index in [9.17, 15) is 4.39 Å². The van der Waals surface area contributed by atoms with Gasteiger partial charge < -0.3 is 5.32 Å². The number of pyridine rings is 2. The van der Waals surface area contributed by atoms with Gasteiger partial charge in [-0.3, -0.25) is 4.98 Å². The molecule has 0 radical (unpaired) electrons. The smallest absolute Gasteiger partial charge is 0.213 e. The van der Waals surface area contributed by atoms with Gasteiger partial charge in [0.15, 0.2) is 0 Å². The van der Waals surface area contributed by atoms with E-state index in [0.29, 0.717) is 18.0 Å². The van der Waals surface area contributed by atoms with Crippen LogP contribution in [-0.2, 0) is 0 Å². The Labute approximate surface area is 117 Å².